The minimum absolute atomic E-state index is 0.195. The van der Waals surface area contributed by atoms with Gasteiger partial charge in [-0.1, -0.05) is 6.07 Å². The van der Waals surface area contributed by atoms with Gasteiger partial charge in [-0.25, -0.2) is 13.8 Å². The molecule has 0 aliphatic carbocycles. The monoisotopic (exact) mass is 326 g/mol. The molecule has 0 radical (unpaired) electrons. The second kappa shape index (κ2) is 5.15. The Morgan fingerprint density at radius 1 is 1.09 bits per heavy atom. The number of carbonyl (C=O) groups excluding carboxylic acids is 1. The zero-order chi connectivity index (χ0) is 16.8. The number of nitrogens with one attached hydrogen (secondary N) is 1. The molecule has 118 valence electrons. The van der Waals surface area contributed by atoms with E-state index in [1.54, 1.807) is 0 Å². The van der Waals surface area contributed by atoms with Crippen molar-refractivity contribution in [2.75, 3.05) is 0 Å². The number of aromatic nitrogens is 2. The highest BCUT2D eigenvalue weighted by atomic mass is 19.4. The maximum Gasteiger partial charge on any atom is 0.417 e. The number of pyridine rings is 1. The summed E-state index contributed by atoms with van der Waals surface area (Å²) in [5, 5.41) is -0.521. The van der Waals surface area contributed by atoms with E-state index in [0.717, 1.165) is 30.6 Å². The first kappa shape index (κ1) is 15.1. The van der Waals surface area contributed by atoms with Crippen LogP contribution in [0.3, 0.4) is 0 Å². The molecule has 0 bridgehead atoms. The van der Waals surface area contributed by atoms with Crippen LogP contribution in [0.4, 0.5) is 22.0 Å². The second-order valence-electron chi connectivity index (χ2n) is 4.71. The van der Waals surface area contributed by atoms with Gasteiger partial charge < -0.3 is 4.98 Å². The number of rotatable bonds is 2. The molecule has 3 rings (SSSR count). The smallest absolute Gasteiger partial charge is 0.345 e. The Morgan fingerprint density at radius 3 is 2.35 bits per heavy atom. The van der Waals surface area contributed by atoms with Crippen LogP contribution in [0.5, 0.6) is 0 Å². The Morgan fingerprint density at radius 2 is 1.74 bits per heavy atom. The summed E-state index contributed by atoms with van der Waals surface area (Å²) in [7, 11) is 0. The predicted octanol–water partition coefficient (Wildman–Crippen LogP) is 4.09. The molecular weight excluding hydrogens is 319 g/mol. The molecule has 8 heteroatoms. The van der Waals surface area contributed by atoms with Crippen molar-refractivity contribution >= 4 is 16.8 Å². The number of alkyl halides is 3. The normalized spacial score (nSPS) is 11.9. The molecule has 2 aromatic heterocycles. The largest absolute Gasteiger partial charge is 0.417 e. The molecule has 0 saturated carbocycles. The van der Waals surface area contributed by atoms with Gasteiger partial charge in [-0.2, -0.15) is 13.2 Å². The van der Waals surface area contributed by atoms with Crippen LogP contribution in [0, 0.1) is 11.6 Å². The lowest BCUT2D eigenvalue weighted by Gasteiger charge is -2.09. The number of hydrogen-bond acceptors (Lipinski definition) is 2. The first-order valence-corrected chi connectivity index (χ1v) is 6.32. The van der Waals surface area contributed by atoms with Crippen molar-refractivity contribution in [2.24, 2.45) is 0 Å². The van der Waals surface area contributed by atoms with Crippen LogP contribution in [-0.4, -0.2) is 15.8 Å². The van der Waals surface area contributed by atoms with Crippen LogP contribution in [-0.2, 0) is 6.18 Å². The lowest BCUT2D eigenvalue weighted by atomic mass is 10.00. The highest BCUT2D eigenvalue weighted by Crippen LogP contribution is 2.36. The molecule has 0 saturated heterocycles. The number of hydrogen-bond donors (Lipinski definition) is 1. The Hall–Kier alpha value is -2.77. The molecule has 0 amide bonds. The average Bonchev–Trinajstić information content (AvgIpc) is 2.89. The highest BCUT2D eigenvalue weighted by molar-refractivity contribution is 6.16. The van der Waals surface area contributed by atoms with E-state index in [1.165, 1.54) is 0 Å². The van der Waals surface area contributed by atoms with Crippen molar-refractivity contribution < 1.29 is 26.7 Å². The molecule has 0 atom stereocenters. The summed E-state index contributed by atoms with van der Waals surface area (Å²) in [6, 6.07) is 3.46. The maximum atomic E-state index is 13.7. The number of nitrogens with zero attached hydrogens (tertiary/aromatic N) is 1. The second-order valence-corrected chi connectivity index (χ2v) is 4.71. The van der Waals surface area contributed by atoms with Crippen LogP contribution in [0.2, 0.25) is 0 Å². The number of halogens is 5. The molecule has 3 aromatic rings. The maximum absolute atomic E-state index is 13.7. The molecule has 0 aliphatic heterocycles. The van der Waals surface area contributed by atoms with Crippen LogP contribution in [0.25, 0.3) is 11.0 Å². The van der Waals surface area contributed by atoms with Gasteiger partial charge in [0.1, 0.15) is 17.3 Å². The molecule has 1 aromatic carbocycles. The molecule has 0 unspecified atom stereocenters. The van der Waals surface area contributed by atoms with Gasteiger partial charge in [-0.05, 0) is 18.2 Å². The molecule has 1 N–H and O–H groups in total. The van der Waals surface area contributed by atoms with Crippen molar-refractivity contribution in [2.45, 2.75) is 6.18 Å². The quantitative estimate of drug-likeness (QED) is 0.569. The summed E-state index contributed by atoms with van der Waals surface area (Å²) in [5.74, 6) is -3.49. The van der Waals surface area contributed by atoms with E-state index in [1.807, 2.05) is 0 Å². The van der Waals surface area contributed by atoms with Crippen LogP contribution < -0.4 is 0 Å². The van der Waals surface area contributed by atoms with E-state index >= 15 is 0 Å². The van der Waals surface area contributed by atoms with E-state index in [4.69, 9.17) is 0 Å². The lowest BCUT2D eigenvalue weighted by molar-refractivity contribution is -0.136. The molecule has 0 fully saturated rings. The van der Waals surface area contributed by atoms with E-state index < -0.39 is 45.7 Å². The summed E-state index contributed by atoms with van der Waals surface area (Å²) in [6.45, 7) is 0. The Balaban J connectivity index is 2.27. The third-order valence-corrected chi connectivity index (χ3v) is 3.31. The third kappa shape index (κ3) is 2.45. The van der Waals surface area contributed by atoms with Crippen LogP contribution >= 0.6 is 0 Å². The van der Waals surface area contributed by atoms with E-state index in [2.05, 4.69) is 9.97 Å². The summed E-state index contributed by atoms with van der Waals surface area (Å²) >= 11 is 0. The van der Waals surface area contributed by atoms with Crippen molar-refractivity contribution in [3.05, 3.63) is 65.0 Å². The number of benzene rings is 1. The standard InChI is InChI=1S/C15H7F5N2O/c16-9-2-1-3-10(17)12(9)13(23)7-6-22-14-11(7)8(4-5-21-14)15(18,19)20/h1-6H,(H,21,22). The highest BCUT2D eigenvalue weighted by Gasteiger charge is 2.35. The van der Waals surface area contributed by atoms with Gasteiger partial charge in [0.05, 0.1) is 16.7 Å². The van der Waals surface area contributed by atoms with Crippen LogP contribution in [0.1, 0.15) is 21.5 Å². The fourth-order valence-corrected chi connectivity index (χ4v) is 2.32. The Bertz CT molecular complexity index is 894. The first-order valence-electron chi connectivity index (χ1n) is 6.32. The SMILES string of the molecule is O=C(c1c(F)cccc1F)c1c[nH]c2nccc(C(F)(F)F)c12. The number of H-pyrrole nitrogens is 1. The lowest BCUT2D eigenvalue weighted by Crippen LogP contribution is -2.10. The number of aromatic amines is 1. The van der Waals surface area contributed by atoms with Gasteiger partial charge in [-0.15, -0.1) is 0 Å². The zero-order valence-corrected chi connectivity index (χ0v) is 11.2. The van der Waals surface area contributed by atoms with Gasteiger partial charge in [0.15, 0.2) is 0 Å². The van der Waals surface area contributed by atoms with Crippen molar-refractivity contribution in [1.82, 2.24) is 9.97 Å². The van der Waals surface area contributed by atoms with E-state index in [-0.39, 0.29) is 5.65 Å². The molecule has 3 nitrogen and oxygen atoms in total. The topological polar surface area (TPSA) is 45.8 Å². The predicted molar refractivity (Wildman–Crippen MR) is 70.9 cm³/mol. The van der Waals surface area contributed by atoms with Gasteiger partial charge in [0, 0.05) is 17.8 Å². The summed E-state index contributed by atoms with van der Waals surface area (Å²) in [5.41, 5.74) is -2.71. The Labute approximate surface area is 125 Å². The van der Waals surface area contributed by atoms with E-state index in [0.29, 0.717) is 6.07 Å². The molecular formula is C15H7F5N2O. The number of ketones is 1. The summed E-state index contributed by atoms with van der Waals surface area (Å²) in [4.78, 5) is 18.5. The van der Waals surface area contributed by atoms with Gasteiger partial charge in [0.25, 0.3) is 0 Å². The first-order chi connectivity index (χ1) is 10.8. The minimum Gasteiger partial charge on any atom is -0.345 e. The fourth-order valence-electron chi connectivity index (χ4n) is 2.32. The number of fused-ring (bicyclic) bond motifs is 1. The summed E-state index contributed by atoms with van der Waals surface area (Å²) in [6.07, 6.45) is -2.85. The van der Waals surface area contributed by atoms with Gasteiger partial charge in [0.2, 0.25) is 5.78 Å². The van der Waals surface area contributed by atoms with Crippen LogP contribution in [0.15, 0.2) is 36.7 Å². The van der Waals surface area contributed by atoms with Gasteiger partial charge >= 0.3 is 6.18 Å². The third-order valence-electron chi connectivity index (χ3n) is 3.31. The van der Waals surface area contributed by atoms with Crippen molar-refractivity contribution in [1.29, 1.82) is 0 Å². The zero-order valence-electron chi connectivity index (χ0n) is 11.2. The average molecular weight is 326 g/mol. The number of carbonyl (C=O) groups is 1. The molecule has 0 spiro atoms. The molecule has 0 aliphatic rings. The summed E-state index contributed by atoms with van der Waals surface area (Å²) < 4.78 is 66.7. The molecule has 23 heavy (non-hydrogen) atoms. The minimum atomic E-state index is -4.74. The Kier molecular flexibility index (Phi) is 3.39. The fraction of sp³-hybridized carbons (Fsp3) is 0.0667. The van der Waals surface area contributed by atoms with E-state index in [9.17, 15) is 26.7 Å². The van der Waals surface area contributed by atoms with Gasteiger partial charge in [-0.3, -0.25) is 4.79 Å². The van der Waals surface area contributed by atoms with Crippen molar-refractivity contribution in [3.63, 3.8) is 0 Å². The molecule has 2 heterocycles. The van der Waals surface area contributed by atoms with Crippen molar-refractivity contribution in [3.8, 4) is 0 Å².